The molecule has 0 saturated heterocycles. The first-order chi connectivity index (χ1) is 51.4. The van der Waals surface area contributed by atoms with E-state index in [0.717, 1.165) is 50.1 Å². The Balaban J connectivity index is 0.881. The van der Waals surface area contributed by atoms with Gasteiger partial charge in [0, 0.05) is 16.7 Å². The van der Waals surface area contributed by atoms with E-state index in [1.807, 2.05) is 0 Å². The second kappa shape index (κ2) is 24.8. The Morgan fingerprint density at radius 3 is 0.714 bits per heavy atom. The van der Waals surface area contributed by atoms with Gasteiger partial charge in [-0.2, -0.15) is 0 Å². The molecular weight excluding hydrogens is 1270 g/mol. The van der Waals surface area contributed by atoms with E-state index in [4.69, 9.17) is 15.0 Å². The Hall–Kier alpha value is -12.7. The van der Waals surface area contributed by atoms with Crippen LogP contribution in [-0.4, -0.2) is 15.0 Å². The van der Waals surface area contributed by atoms with E-state index in [1.54, 1.807) is 0 Å². The van der Waals surface area contributed by atoms with Crippen molar-refractivity contribution in [3.8, 4) is 101 Å². The molecule has 0 aliphatic carbocycles. The third kappa shape index (κ3) is 9.97. The number of aryl methyl sites for hydroxylation is 6. The summed E-state index contributed by atoms with van der Waals surface area (Å²) in [5.41, 5.74) is 27.7. The predicted molar refractivity (Wildman–Crippen MR) is 449 cm³/mol. The summed E-state index contributed by atoms with van der Waals surface area (Å²) in [5.74, 6) is 1.92. The van der Waals surface area contributed by atoms with E-state index in [-0.39, 0.29) is 0 Å². The highest BCUT2D eigenvalue weighted by Crippen LogP contribution is 2.53. The van der Waals surface area contributed by atoms with Crippen LogP contribution in [0, 0.1) is 62.3 Å². The van der Waals surface area contributed by atoms with Crippen molar-refractivity contribution in [1.29, 1.82) is 0 Å². The van der Waals surface area contributed by atoms with Gasteiger partial charge in [-0.15, -0.1) is 0 Å². The molecule has 0 unspecified atom stereocenters. The Bertz CT molecular complexity index is 6490. The van der Waals surface area contributed by atoms with E-state index < -0.39 is 0 Å². The molecular formula is C102H75N3. The highest BCUT2D eigenvalue weighted by atomic mass is 15.0. The Labute approximate surface area is 612 Å². The molecule has 3 nitrogen and oxygen atoms in total. The fourth-order valence-corrected chi connectivity index (χ4v) is 18.7. The zero-order valence-corrected chi connectivity index (χ0v) is 60.6. The minimum atomic E-state index is 0.639. The molecule has 0 aliphatic rings. The second-order valence-corrected chi connectivity index (χ2v) is 29.1. The fraction of sp³-hybridized carbons (Fsp3) is 0.0882. The average molecular weight is 1340 g/mol. The number of benzene rings is 18. The predicted octanol–water partition coefficient (Wildman–Crippen LogP) is 28.0. The molecule has 0 saturated carbocycles. The zero-order chi connectivity index (χ0) is 71.0. The van der Waals surface area contributed by atoms with Gasteiger partial charge < -0.3 is 0 Å². The van der Waals surface area contributed by atoms with Crippen molar-refractivity contribution in [1.82, 2.24) is 15.0 Å². The summed E-state index contributed by atoms with van der Waals surface area (Å²) < 4.78 is 0. The molecule has 19 aromatic rings. The lowest BCUT2D eigenvalue weighted by molar-refractivity contribution is 1.05. The topological polar surface area (TPSA) is 38.7 Å². The van der Waals surface area contributed by atoms with Crippen LogP contribution in [0.15, 0.2) is 291 Å². The summed E-state index contributed by atoms with van der Waals surface area (Å²) in [5, 5.41) is 21.8. The number of fused-ring (bicyclic) bond motifs is 9. The maximum Gasteiger partial charge on any atom is 0.164 e. The molecule has 0 bridgehead atoms. The first kappa shape index (κ1) is 63.2. The van der Waals surface area contributed by atoms with Crippen LogP contribution in [-0.2, 0) is 0 Å². The van der Waals surface area contributed by atoms with Gasteiger partial charge in [-0.25, -0.2) is 15.0 Å². The normalized spacial score (nSPS) is 11.9. The van der Waals surface area contributed by atoms with Crippen LogP contribution in [0.1, 0.15) is 50.1 Å². The summed E-state index contributed by atoms with van der Waals surface area (Å²) in [6.45, 7) is 20.5. The van der Waals surface area contributed by atoms with Gasteiger partial charge in [0.2, 0.25) is 0 Å². The van der Waals surface area contributed by atoms with Crippen LogP contribution in [0.2, 0.25) is 0 Å². The molecule has 0 fully saturated rings. The molecule has 1 aromatic heterocycles. The van der Waals surface area contributed by atoms with Gasteiger partial charge in [-0.3, -0.25) is 0 Å². The Morgan fingerprint density at radius 1 is 0.162 bits per heavy atom. The lowest BCUT2D eigenvalue weighted by Gasteiger charge is -2.24. The van der Waals surface area contributed by atoms with E-state index in [9.17, 15) is 0 Å². The third-order valence-corrected chi connectivity index (χ3v) is 22.9. The fourth-order valence-electron chi connectivity index (χ4n) is 18.7. The first-order valence-corrected chi connectivity index (χ1v) is 36.7. The van der Waals surface area contributed by atoms with Crippen LogP contribution in [0.5, 0.6) is 0 Å². The van der Waals surface area contributed by atoms with Crippen LogP contribution in [0.3, 0.4) is 0 Å². The molecule has 105 heavy (non-hydrogen) atoms. The lowest BCUT2D eigenvalue weighted by atomic mass is 9.81. The first-order valence-electron chi connectivity index (χ1n) is 36.7. The van der Waals surface area contributed by atoms with Crippen LogP contribution < -0.4 is 0 Å². The average Bonchev–Trinajstić information content (AvgIpc) is 0.717. The van der Waals surface area contributed by atoms with Crippen molar-refractivity contribution in [2.75, 3.05) is 0 Å². The molecule has 3 heteroatoms. The zero-order valence-electron chi connectivity index (χ0n) is 60.6. The maximum absolute atomic E-state index is 5.96. The van der Waals surface area contributed by atoms with E-state index in [0.29, 0.717) is 17.5 Å². The van der Waals surface area contributed by atoms with Gasteiger partial charge in [0.05, 0.1) is 0 Å². The number of hydrogen-bond acceptors (Lipinski definition) is 3. The lowest BCUT2D eigenvalue weighted by Crippen LogP contribution is -2.08. The van der Waals surface area contributed by atoms with Gasteiger partial charge in [-0.1, -0.05) is 279 Å². The highest BCUT2D eigenvalue weighted by Gasteiger charge is 2.30. The second-order valence-electron chi connectivity index (χ2n) is 29.1. The number of aromatic nitrogens is 3. The summed E-state index contributed by atoms with van der Waals surface area (Å²) in [6, 6.07) is 108. The highest BCUT2D eigenvalue weighted by molar-refractivity contribution is 6.26. The summed E-state index contributed by atoms with van der Waals surface area (Å²) in [6.07, 6.45) is 0. The number of hydrogen-bond donors (Lipinski definition) is 0. The quantitative estimate of drug-likeness (QED) is 0.135. The van der Waals surface area contributed by atoms with Gasteiger partial charge in [0.1, 0.15) is 0 Å². The minimum Gasteiger partial charge on any atom is -0.208 e. The molecule has 0 aliphatic heterocycles. The molecule has 498 valence electrons. The smallest absolute Gasteiger partial charge is 0.164 e. The summed E-state index contributed by atoms with van der Waals surface area (Å²) in [4.78, 5) is 17.9. The van der Waals surface area contributed by atoms with Crippen LogP contribution in [0.4, 0.5) is 0 Å². The SMILES string of the molecule is Cc1cc(C)c(-c2c3ccccc3c(-c3ccc4ccccc4c3)c3ccccc23)c(C)c1-c1nc(-c2c(C)cc(C)c(-c3c4ccccc4c(-c4ccc5ccccc5c4)c4ccccc34)c2C)nc(-c2c(C)cc(C)c(-c3c4ccccc4c(-c4cccc5ccccc45)c4ccccc34)c2C)n1. The largest absolute Gasteiger partial charge is 0.208 e. The van der Waals surface area contributed by atoms with Crippen molar-refractivity contribution < 1.29 is 0 Å². The summed E-state index contributed by atoms with van der Waals surface area (Å²) in [7, 11) is 0. The maximum atomic E-state index is 5.96. The van der Waals surface area contributed by atoms with Crippen molar-refractivity contribution in [3.63, 3.8) is 0 Å². The van der Waals surface area contributed by atoms with E-state index >= 15 is 0 Å². The van der Waals surface area contributed by atoms with Gasteiger partial charge in [-0.05, 0) is 288 Å². The van der Waals surface area contributed by atoms with Gasteiger partial charge in [0.15, 0.2) is 17.5 Å². The van der Waals surface area contributed by atoms with Crippen molar-refractivity contribution >= 4 is 97.0 Å². The molecule has 0 N–H and O–H groups in total. The monoisotopic (exact) mass is 1340 g/mol. The minimum absolute atomic E-state index is 0.639. The molecule has 0 atom stereocenters. The van der Waals surface area contributed by atoms with Crippen LogP contribution in [0.25, 0.3) is 198 Å². The molecule has 0 spiro atoms. The van der Waals surface area contributed by atoms with E-state index in [2.05, 4.69) is 353 Å². The standard InChI is InChI=1S/C102H75N3/c1-58-53-61(4)91(64(7)88(58)97-82-42-22-16-36-76(82)94(77-37-17-23-43-83(77)97)72-51-49-67-29-10-12-32-70(67)56-72)100-103-101(92-62(5)54-59(2)89(65(92)8)98-84-44-24-18-38-78(84)95(79-39-19-25-45-85(79)98)73-52-50-68-30-11-13-33-71(68)57-73)105-102(104-100)93-63(6)55-60(3)90(66(93)9)99-86-46-26-20-40-80(86)96(81-41-21-27-47-87(81)99)75-48-28-34-69-31-14-15-35-74(69)75/h10-57H,1-9H3. The van der Waals surface area contributed by atoms with Crippen molar-refractivity contribution in [2.45, 2.75) is 62.3 Å². The summed E-state index contributed by atoms with van der Waals surface area (Å²) >= 11 is 0. The van der Waals surface area contributed by atoms with Crippen LogP contribution >= 0.6 is 0 Å². The molecule has 19 rings (SSSR count). The molecule has 1 heterocycles. The Kier molecular flexibility index (Phi) is 14.9. The van der Waals surface area contributed by atoms with Crippen molar-refractivity contribution in [3.05, 3.63) is 341 Å². The number of nitrogens with zero attached hydrogens (tertiary/aromatic N) is 3. The van der Waals surface area contributed by atoms with Crippen molar-refractivity contribution in [2.24, 2.45) is 0 Å². The number of rotatable bonds is 9. The molecule has 18 aromatic carbocycles. The molecule has 0 amide bonds. The molecule has 0 radical (unpaired) electrons. The Morgan fingerprint density at radius 2 is 0.400 bits per heavy atom. The third-order valence-electron chi connectivity index (χ3n) is 22.9. The van der Waals surface area contributed by atoms with Gasteiger partial charge >= 0.3 is 0 Å². The van der Waals surface area contributed by atoms with Gasteiger partial charge in [0.25, 0.3) is 0 Å². The van der Waals surface area contributed by atoms with E-state index in [1.165, 1.54) is 180 Å².